The number of nitrogens with one attached hydrogen (secondary N) is 2. The second-order valence-electron chi connectivity index (χ2n) is 4.06. The zero-order chi connectivity index (χ0) is 13.0. The van der Waals surface area contributed by atoms with E-state index in [0.717, 1.165) is 16.7 Å². The van der Waals surface area contributed by atoms with Gasteiger partial charge in [-0.3, -0.25) is 4.79 Å². The molecule has 1 aromatic rings. The average molecular weight is 381 g/mol. The van der Waals surface area contributed by atoms with E-state index in [0.29, 0.717) is 23.7 Å². The molecular weight excluding hydrogens is 367 g/mol. The minimum absolute atomic E-state index is 0.103. The lowest BCUT2D eigenvalue weighted by Crippen LogP contribution is -2.48. The van der Waals surface area contributed by atoms with E-state index >= 15 is 0 Å². The van der Waals surface area contributed by atoms with Crippen LogP contribution in [0, 0.1) is 3.57 Å². The summed E-state index contributed by atoms with van der Waals surface area (Å²) >= 11 is 8.02. The molecule has 1 aliphatic heterocycles. The molecule has 0 aliphatic carbocycles. The molecule has 2 N–H and O–H groups in total. The maximum atomic E-state index is 12.0. The van der Waals surface area contributed by atoms with Gasteiger partial charge in [0.05, 0.1) is 18.8 Å². The van der Waals surface area contributed by atoms with Crippen molar-refractivity contribution in [2.24, 2.45) is 0 Å². The van der Waals surface area contributed by atoms with Gasteiger partial charge >= 0.3 is 0 Å². The molecule has 0 aromatic heterocycles. The van der Waals surface area contributed by atoms with Crippen molar-refractivity contribution in [1.82, 2.24) is 10.6 Å². The molecule has 0 radical (unpaired) electrons. The van der Waals surface area contributed by atoms with Gasteiger partial charge in [-0.2, -0.15) is 0 Å². The first-order chi connectivity index (χ1) is 8.66. The van der Waals surface area contributed by atoms with E-state index in [4.69, 9.17) is 16.3 Å². The summed E-state index contributed by atoms with van der Waals surface area (Å²) in [5.41, 5.74) is 0.611. The van der Waals surface area contributed by atoms with E-state index in [1.165, 1.54) is 0 Å². The van der Waals surface area contributed by atoms with Crippen LogP contribution in [0.2, 0.25) is 5.02 Å². The second kappa shape index (κ2) is 6.70. The summed E-state index contributed by atoms with van der Waals surface area (Å²) in [6, 6.07) is 5.47. The van der Waals surface area contributed by atoms with E-state index < -0.39 is 0 Å². The van der Waals surface area contributed by atoms with Crippen molar-refractivity contribution in [3.63, 3.8) is 0 Å². The Morgan fingerprint density at radius 3 is 3.17 bits per heavy atom. The SMILES string of the molecule is O=C(NCC1COCCN1)c1cc(Cl)ccc1I. The molecule has 0 bridgehead atoms. The number of hydrogen-bond donors (Lipinski definition) is 2. The lowest BCUT2D eigenvalue weighted by atomic mass is 10.2. The molecule has 98 valence electrons. The fourth-order valence-electron chi connectivity index (χ4n) is 1.73. The summed E-state index contributed by atoms with van der Waals surface area (Å²) in [6.07, 6.45) is 0. The molecular formula is C12H14ClIN2O2. The summed E-state index contributed by atoms with van der Waals surface area (Å²) in [6.45, 7) is 2.75. The first-order valence-corrected chi connectivity index (χ1v) is 7.17. The van der Waals surface area contributed by atoms with E-state index in [-0.39, 0.29) is 11.9 Å². The summed E-state index contributed by atoms with van der Waals surface area (Å²) < 4.78 is 6.22. The summed E-state index contributed by atoms with van der Waals surface area (Å²) in [5, 5.41) is 6.75. The zero-order valence-electron chi connectivity index (χ0n) is 9.71. The maximum Gasteiger partial charge on any atom is 0.252 e. The number of rotatable bonds is 3. The Morgan fingerprint density at radius 1 is 1.61 bits per heavy atom. The van der Waals surface area contributed by atoms with Gasteiger partial charge in [-0.05, 0) is 40.8 Å². The molecule has 1 amide bonds. The predicted octanol–water partition coefficient (Wildman–Crippen LogP) is 1.66. The topological polar surface area (TPSA) is 50.4 Å². The fraction of sp³-hybridized carbons (Fsp3) is 0.417. The molecule has 1 unspecified atom stereocenters. The molecule has 1 aliphatic rings. The van der Waals surface area contributed by atoms with Crippen molar-refractivity contribution in [2.45, 2.75) is 6.04 Å². The number of halogens is 2. The second-order valence-corrected chi connectivity index (χ2v) is 5.66. The molecule has 1 atom stereocenters. The third-order valence-electron chi connectivity index (χ3n) is 2.68. The summed E-state index contributed by atoms with van der Waals surface area (Å²) in [7, 11) is 0. The Morgan fingerprint density at radius 2 is 2.44 bits per heavy atom. The third-order valence-corrected chi connectivity index (χ3v) is 3.86. The molecule has 1 saturated heterocycles. The largest absolute Gasteiger partial charge is 0.378 e. The Kier molecular flexibility index (Phi) is 5.23. The quantitative estimate of drug-likeness (QED) is 0.784. The zero-order valence-corrected chi connectivity index (χ0v) is 12.6. The van der Waals surface area contributed by atoms with Crippen LogP contribution in [0.3, 0.4) is 0 Å². The summed E-state index contributed by atoms with van der Waals surface area (Å²) in [4.78, 5) is 12.0. The monoisotopic (exact) mass is 380 g/mol. The highest BCUT2D eigenvalue weighted by Crippen LogP contribution is 2.17. The van der Waals surface area contributed by atoms with Crippen LogP contribution in [0.1, 0.15) is 10.4 Å². The molecule has 4 nitrogen and oxygen atoms in total. The molecule has 1 fully saturated rings. The molecule has 18 heavy (non-hydrogen) atoms. The number of benzene rings is 1. The molecule has 2 rings (SSSR count). The number of amides is 1. The van der Waals surface area contributed by atoms with Gasteiger partial charge in [-0.1, -0.05) is 11.6 Å². The van der Waals surface area contributed by atoms with Crippen LogP contribution in [0.25, 0.3) is 0 Å². The van der Waals surface area contributed by atoms with Crippen LogP contribution in [-0.4, -0.2) is 38.3 Å². The number of morpholine rings is 1. The molecule has 1 heterocycles. The lowest BCUT2D eigenvalue weighted by molar-refractivity contribution is 0.0734. The fourth-order valence-corrected chi connectivity index (χ4v) is 2.49. The van der Waals surface area contributed by atoms with Gasteiger partial charge < -0.3 is 15.4 Å². The Hall–Kier alpha value is -0.370. The van der Waals surface area contributed by atoms with Crippen LogP contribution in [0.15, 0.2) is 18.2 Å². The van der Waals surface area contributed by atoms with Crippen molar-refractivity contribution in [3.05, 3.63) is 32.4 Å². The first-order valence-electron chi connectivity index (χ1n) is 5.71. The van der Waals surface area contributed by atoms with Crippen molar-refractivity contribution in [1.29, 1.82) is 0 Å². The Labute approximate surface area is 125 Å². The normalized spacial score (nSPS) is 19.6. The smallest absolute Gasteiger partial charge is 0.252 e. The molecule has 0 saturated carbocycles. The van der Waals surface area contributed by atoms with Gasteiger partial charge in [0.25, 0.3) is 5.91 Å². The molecule has 0 spiro atoms. The molecule has 6 heteroatoms. The van der Waals surface area contributed by atoms with Crippen LogP contribution in [0.5, 0.6) is 0 Å². The van der Waals surface area contributed by atoms with E-state index in [9.17, 15) is 4.79 Å². The van der Waals surface area contributed by atoms with Gasteiger partial charge in [0.15, 0.2) is 0 Å². The van der Waals surface area contributed by atoms with Crippen molar-refractivity contribution in [2.75, 3.05) is 26.3 Å². The Bertz CT molecular complexity index is 436. The number of ether oxygens (including phenoxy) is 1. The van der Waals surface area contributed by atoms with Crippen LogP contribution in [0.4, 0.5) is 0 Å². The van der Waals surface area contributed by atoms with Crippen LogP contribution < -0.4 is 10.6 Å². The standard InChI is InChI=1S/C12H14ClIN2O2/c13-8-1-2-11(14)10(5-8)12(17)16-6-9-7-18-4-3-15-9/h1-2,5,9,15H,3-4,6-7H2,(H,16,17). The van der Waals surface area contributed by atoms with Gasteiger partial charge in [0.1, 0.15) is 0 Å². The molecule has 1 aromatic carbocycles. The highest BCUT2D eigenvalue weighted by molar-refractivity contribution is 14.1. The highest BCUT2D eigenvalue weighted by atomic mass is 127. The van der Waals surface area contributed by atoms with Gasteiger partial charge in [-0.15, -0.1) is 0 Å². The van der Waals surface area contributed by atoms with Gasteiger partial charge in [-0.25, -0.2) is 0 Å². The van der Waals surface area contributed by atoms with Gasteiger partial charge in [0, 0.05) is 27.7 Å². The average Bonchev–Trinajstić information content (AvgIpc) is 2.40. The van der Waals surface area contributed by atoms with Crippen molar-refractivity contribution in [3.8, 4) is 0 Å². The summed E-state index contributed by atoms with van der Waals surface area (Å²) in [5.74, 6) is -0.103. The minimum Gasteiger partial charge on any atom is -0.378 e. The number of carbonyl (C=O) groups excluding carboxylic acids is 1. The third kappa shape index (κ3) is 3.81. The number of hydrogen-bond acceptors (Lipinski definition) is 3. The van der Waals surface area contributed by atoms with Crippen molar-refractivity contribution < 1.29 is 9.53 Å². The van der Waals surface area contributed by atoms with Crippen LogP contribution >= 0.6 is 34.2 Å². The first kappa shape index (κ1) is 14.0. The van der Waals surface area contributed by atoms with E-state index in [1.807, 2.05) is 6.07 Å². The number of carbonyl (C=O) groups is 1. The van der Waals surface area contributed by atoms with E-state index in [1.54, 1.807) is 12.1 Å². The van der Waals surface area contributed by atoms with Gasteiger partial charge in [0.2, 0.25) is 0 Å². The van der Waals surface area contributed by atoms with E-state index in [2.05, 4.69) is 33.2 Å². The lowest BCUT2D eigenvalue weighted by Gasteiger charge is -2.24. The van der Waals surface area contributed by atoms with Crippen LogP contribution in [-0.2, 0) is 4.74 Å². The minimum atomic E-state index is -0.103. The Balaban J connectivity index is 1.92. The maximum absolute atomic E-state index is 12.0. The highest BCUT2D eigenvalue weighted by Gasteiger charge is 2.15. The van der Waals surface area contributed by atoms with Crippen molar-refractivity contribution >= 4 is 40.1 Å². The predicted molar refractivity (Wildman–Crippen MR) is 79.1 cm³/mol.